The van der Waals surface area contributed by atoms with Crippen LogP contribution in [0.2, 0.25) is 0 Å². The van der Waals surface area contributed by atoms with E-state index in [1.54, 1.807) is 18.0 Å². The second-order valence-electron chi connectivity index (χ2n) is 5.33. The minimum Gasteiger partial charge on any atom is -0.333 e. The molecular weight excluding hydrogens is 250 g/mol. The molecule has 0 saturated carbocycles. The number of pyridine rings is 1. The van der Waals surface area contributed by atoms with Crippen LogP contribution in [0.1, 0.15) is 26.5 Å². The van der Waals surface area contributed by atoms with Crippen LogP contribution in [0, 0.1) is 0 Å². The first-order valence-electron chi connectivity index (χ1n) is 6.89. The minimum absolute atomic E-state index is 0.0465. The van der Waals surface area contributed by atoms with Crippen LogP contribution in [-0.4, -0.2) is 27.9 Å². The quantitative estimate of drug-likeness (QED) is 0.928. The molecule has 0 fully saturated rings. The summed E-state index contributed by atoms with van der Waals surface area (Å²) in [4.78, 5) is 18.4. The molecule has 2 rings (SSSR count). The predicted molar refractivity (Wildman–Crippen MR) is 81.1 cm³/mol. The Kier molecular flexibility index (Phi) is 4.35. The number of benzene rings is 1. The first kappa shape index (κ1) is 14.5. The van der Waals surface area contributed by atoms with E-state index in [9.17, 15) is 4.79 Å². The molecule has 0 aliphatic heterocycles. The summed E-state index contributed by atoms with van der Waals surface area (Å²) < 4.78 is 0. The first-order valence-corrected chi connectivity index (χ1v) is 6.89. The summed E-state index contributed by atoms with van der Waals surface area (Å²) in [7, 11) is 0. The van der Waals surface area contributed by atoms with Gasteiger partial charge in [0.05, 0.1) is 18.3 Å². The molecule has 0 aliphatic carbocycles. The Hall–Kier alpha value is -1.94. The number of hydrogen-bond donors (Lipinski definition) is 1. The van der Waals surface area contributed by atoms with Gasteiger partial charge in [0.15, 0.2) is 0 Å². The summed E-state index contributed by atoms with van der Waals surface area (Å²) >= 11 is 0. The van der Waals surface area contributed by atoms with Crippen molar-refractivity contribution in [2.45, 2.75) is 39.4 Å². The largest absolute Gasteiger partial charge is 0.333 e. The zero-order valence-electron chi connectivity index (χ0n) is 12.2. The summed E-state index contributed by atoms with van der Waals surface area (Å²) in [6.07, 6.45) is 1.78. The van der Waals surface area contributed by atoms with E-state index in [0.717, 1.165) is 16.5 Å². The number of nitrogens with two attached hydrogens (primary N) is 1. The number of fused-ring (bicyclic) bond motifs is 1. The summed E-state index contributed by atoms with van der Waals surface area (Å²) in [6.45, 7) is 6.18. The Labute approximate surface area is 119 Å². The van der Waals surface area contributed by atoms with E-state index in [1.807, 2.05) is 44.2 Å². The molecule has 0 aliphatic rings. The van der Waals surface area contributed by atoms with Crippen LogP contribution in [0.15, 0.2) is 36.5 Å². The summed E-state index contributed by atoms with van der Waals surface area (Å²) in [5.41, 5.74) is 6.64. The average Bonchev–Trinajstić information content (AvgIpc) is 2.43. The Balaban J connectivity index is 2.36. The standard InChI is InChI=1S/C16H21N3O/c1-11(2)19(16(20)12(3)17)10-15-14-7-5-4-6-13(14)8-9-18-15/h4-9,11-12H,10,17H2,1-3H3. The van der Waals surface area contributed by atoms with E-state index in [-0.39, 0.29) is 11.9 Å². The normalized spacial score (nSPS) is 12.7. The SMILES string of the molecule is CC(N)C(=O)N(Cc1nccc2ccccc12)C(C)C. The highest BCUT2D eigenvalue weighted by molar-refractivity contribution is 5.85. The van der Waals surface area contributed by atoms with E-state index >= 15 is 0 Å². The molecule has 2 aromatic rings. The highest BCUT2D eigenvalue weighted by Crippen LogP contribution is 2.19. The molecule has 2 N–H and O–H groups in total. The molecule has 1 atom stereocenters. The van der Waals surface area contributed by atoms with E-state index < -0.39 is 6.04 Å². The van der Waals surface area contributed by atoms with Gasteiger partial charge in [-0.15, -0.1) is 0 Å². The number of hydrogen-bond acceptors (Lipinski definition) is 3. The van der Waals surface area contributed by atoms with Crippen LogP contribution < -0.4 is 5.73 Å². The van der Waals surface area contributed by atoms with Gasteiger partial charge < -0.3 is 10.6 Å². The lowest BCUT2D eigenvalue weighted by Gasteiger charge is -2.28. The number of amides is 1. The summed E-state index contributed by atoms with van der Waals surface area (Å²) in [5.74, 6) is -0.0465. The maximum absolute atomic E-state index is 12.2. The molecule has 1 heterocycles. The number of nitrogens with zero attached hydrogens (tertiary/aromatic N) is 2. The fraction of sp³-hybridized carbons (Fsp3) is 0.375. The molecule has 1 unspecified atom stereocenters. The van der Waals surface area contributed by atoms with Gasteiger partial charge in [0.1, 0.15) is 0 Å². The molecule has 20 heavy (non-hydrogen) atoms. The van der Waals surface area contributed by atoms with Gasteiger partial charge in [0, 0.05) is 17.6 Å². The second-order valence-corrected chi connectivity index (χ2v) is 5.33. The topological polar surface area (TPSA) is 59.2 Å². The molecule has 1 aromatic carbocycles. The fourth-order valence-electron chi connectivity index (χ4n) is 2.25. The van der Waals surface area contributed by atoms with Crippen molar-refractivity contribution in [3.05, 3.63) is 42.2 Å². The van der Waals surface area contributed by atoms with Crippen molar-refractivity contribution in [3.8, 4) is 0 Å². The third-order valence-corrected chi connectivity index (χ3v) is 3.37. The molecular formula is C16H21N3O. The van der Waals surface area contributed by atoms with Crippen LogP contribution in [0.4, 0.5) is 0 Å². The van der Waals surface area contributed by atoms with Gasteiger partial charge in [-0.2, -0.15) is 0 Å². The third kappa shape index (κ3) is 2.96. The third-order valence-electron chi connectivity index (χ3n) is 3.37. The van der Waals surface area contributed by atoms with Gasteiger partial charge in [0.25, 0.3) is 0 Å². The fourth-order valence-corrected chi connectivity index (χ4v) is 2.25. The second kappa shape index (κ2) is 6.01. The molecule has 4 heteroatoms. The van der Waals surface area contributed by atoms with Gasteiger partial charge in [-0.3, -0.25) is 9.78 Å². The molecule has 0 radical (unpaired) electrons. The van der Waals surface area contributed by atoms with E-state index in [1.165, 1.54) is 0 Å². The number of rotatable bonds is 4. The highest BCUT2D eigenvalue weighted by atomic mass is 16.2. The van der Waals surface area contributed by atoms with Crippen molar-refractivity contribution >= 4 is 16.7 Å². The maximum atomic E-state index is 12.2. The summed E-state index contributed by atoms with van der Waals surface area (Å²) in [5, 5.41) is 2.22. The predicted octanol–water partition coefficient (Wildman–Crippen LogP) is 2.32. The summed E-state index contributed by atoms with van der Waals surface area (Å²) in [6, 6.07) is 9.65. The van der Waals surface area contributed by atoms with Gasteiger partial charge >= 0.3 is 0 Å². The molecule has 4 nitrogen and oxygen atoms in total. The van der Waals surface area contributed by atoms with Crippen LogP contribution in [0.3, 0.4) is 0 Å². The van der Waals surface area contributed by atoms with E-state index in [4.69, 9.17) is 5.73 Å². The Morgan fingerprint density at radius 1 is 1.25 bits per heavy atom. The number of carbonyl (C=O) groups is 1. The van der Waals surface area contributed by atoms with Crippen LogP contribution >= 0.6 is 0 Å². The maximum Gasteiger partial charge on any atom is 0.239 e. The molecule has 1 amide bonds. The van der Waals surface area contributed by atoms with Crippen molar-refractivity contribution in [1.82, 2.24) is 9.88 Å². The Morgan fingerprint density at radius 3 is 2.60 bits per heavy atom. The van der Waals surface area contributed by atoms with Gasteiger partial charge in [-0.1, -0.05) is 24.3 Å². The van der Waals surface area contributed by atoms with Crippen molar-refractivity contribution in [3.63, 3.8) is 0 Å². The van der Waals surface area contributed by atoms with Crippen molar-refractivity contribution < 1.29 is 4.79 Å². The van der Waals surface area contributed by atoms with Gasteiger partial charge in [-0.25, -0.2) is 0 Å². The Morgan fingerprint density at radius 2 is 1.95 bits per heavy atom. The zero-order chi connectivity index (χ0) is 14.7. The number of carbonyl (C=O) groups excluding carboxylic acids is 1. The average molecular weight is 271 g/mol. The lowest BCUT2D eigenvalue weighted by Crippen LogP contribution is -2.45. The highest BCUT2D eigenvalue weighted by Gasteiger charge is 2.21. The number of aromatic nitrogens is 1. The van der Waals surface area contributed by atoms with E-state index in [2.05, 4.69) is 4.98 Å². The van der Waals surface area contributed by atoms with Crippen molar-refractivity contribution in [2.75, 3.05) is 0 Å². The smallest absolute Gasteiger partial charge is 0.239 e. The monoisotopic (exact) mass is 271 g/mol. The molecule has 0 bridgehead atoms. The lowest BCUT2D eigenvalue weighted by atomic mass is 10.1. The van der Waals surface area contributed by atoms with Crippen LogP contribution in [0.5, 0.6) is 0 Å². The lowest BCUT2D eigenvalue weighted by molar-refractivity contribution is -0.134. The Bertz CT molecular complexity index is 602. The van der Waals surface area contributed by atoms with Crippen molar-refractivity contribution in [1.29, 1.82) is 0 Å². The van der Waals surface area contributed by atoms with Crippen LogP contribution in [0.25, 0.3) is 10.8 Å². The van der Waals surface area contributed by atoms with Crippen LogP contribution in [-0.2, 0) is 11.3 Å². The van der Waals surface area contributed by atoms with E-state index in [0.29, 0.717) is 6.54 Å². The minimum atomic E-state index is -0.493. The molecule has 0 saturated heterocycles. The van der Waals surface area contributed by atoms with Crippen molar-refractivity contribution in [2.24, 2.45) is 5.73 Å². The molecule has 106 valence electrons. The first-order chi connectivity index (χ1) is 9.50. The van der Waals surface area contributed by atoms with Gasteiger partial charge in [-0.05, 0) is 32.2 Å². The van der Waals surface area contributed by atoms with Gasteiger partial charge in [0.2, 0.25) is 5.91 Å². The molecule has 0 spiro atoms. The molecule has 1 aromatic heterocycles. The zero-order valence-corrected chi connectivity index (χ0v) is 12.2.